The molecule has 32 heavy (non-hydrogen) atoms. The Morgan fingerprint density at radius 1 is 1.12 bits per heavy atom. The Balaban J connectivity index is 1.52. The predicted molar refractivity (Wildman–Crippen MR) is 119 cm³/mol. The van der Waals surface area contributed by atoms with Gasteiger partial charge in [-0.2, -0.15) is 5.10 Å². The van der Waals surface area contributed by atoms with E-state index in [-0.39, 0.29) is 23.5 Å². The Hall–Kier alpha value is -3.42. The lowest BCUT2D eigenvalue weighted by Crippen LogP contribution is -2.46. The van der Waals surface area contributed by atoms with E-state index in [1.807, 2.05) is 30.9 Å². The number of rotatable bonds is 6. The van der Waals surface area contributed by atoms with Gasteiger partial charge in [-0.1, -0.05) is 26.0 Å². The highest BCUT2D eigenvalue weighted by Gasteiger charge is 2.27. The normalized spacial score (nSPS) is 14.7. The molecule has 1 fully saturated rings. The Morgan fingerprint density at radius 3 is 2.47 bits per heavy atom. The lowest BCUT2D eigenvalue weighted by atomic mass is 10.0. The van der Waals surface area contributed by atoms with Gasteiger partial charge < -0.3 is 14.8 Å². The third kappa shape index (κ3) is 4.59. The van der Waals surface area contributed by atoms with Crippen LogP contribution in [0.2, 0.25) is 0 Å². The van der Waals surface area contributed by atoms with E-state index in [1.165, 1.54) is 16.9 Å². The number of likely N-dealkylation sites (tertiary alicyclic amines) is 1. The van der Waals surface area contributed by atoms with Gasteiger partial charge in [-0.15, -0.1) is 0 Å². The molecule has 0 atom stereocenters. The maximum absolute atomic E-state index is 14.5. The Labute approximate surface area is 186 Å². The number of benzene rings is 1. The highest BCUT2D eigenvalue weighted by molar-refractivity contribution is 5.97. The van der Waals surface area contributed by atoms with Gasteiger partial charge in [0.05, 0.1) is 6.20 Å². The number of hydrogen-bond acceptors (Lipinski definition) is 3. The van der Waals surface area contributed by atoms with Crippen LogP contribution in [0.15, 0.2) is 55.0 Å². The molecule has 0 bridgehead atoms. The Morgan fingerprint density at radius 2 is 1.81 bits per heavy atom. The van der Waals surface area contributed by atoms with Gasteiger partial charge in [-0.25, -0.2) is 9.07 Å². The molecule has 0 aliphatic carbocycles. The minimum absolute atomic E-state index is 0.0278. The van der Waals surface area contributed by atoms with E-state index in [2.05, 4.69) is 10.4 Å². The zero-order valence-corrected chi connectivity index (χ0v) is 18.4. The average Bonchev–Trinajstić information content (AvgIpc) is 3.44. The van der Waals surface area contributed by atoms with E-state index in [9.17, 15) is 14.0 Å². The van der Waals surface area contributed by atoms with Gasteiger partial charge in [0.25, 0.3) is 5.91 Å². The number of carbonyl (C=O) groups excluding carboxylic acids is 2. The SMILES string of the molecule is CC(C)CC(=O)N1CCC(NC(=O)c2cnn(-c3ccccc3F)c2-n2cccc2)CC1. The summed E-state index contributed by atoms with van der Waals surface area (Å²) in [6.45, 7) is 5.34. The highest BCUT2D eigenvalue weighted by Crippen LogP contribution is 2.22. The second-order valence-corrected chi connectivity index (χ2v) is 8.56. The van der Waals surface area contributed by atoms with E-state index in [0.717, 1.165) is 0 Å². The molecule has 0 radical (unpaired) electrons. The van der Waals surface area contributed by atoms with Crippen LogP contribution in [0.25, 0.3) is 11.5 Å². The molecule has 0 spiro atoms. The van der Waals surface area contributed by atoms with Crippen molar-refractivity contribution < 1.29 is 14.0 Å². The van der Waals surface area contributed by atoms with Crippen molar-refractivity contribution in [3.05, 3.63) is 66.4 Å². The standard InChI is InChI=1S/C24H28FN5O2/c1-17(2)15-22(31)28-13-9-18(10-14-28)27-23(32)19-16-26-30(21-8-4-3-7-20(21)25)24(19)29-11-5-6-12-29/h3-8,11-12,16-18H,9-10,13-15H2,1-2H3,(H,27,32). The van der Waals surface area contributed by atoms with E-state index >= 15 is 0 Å². The first-order chi connectivity index (χ1) is 15.4. The fraction of sp³-hybridized carbons (Fsp3) is 0.375. The van der Waals surface area contributed by atoms with Gasteiger partial charge >= 0.3 is 0 Å². The maximum Gasteiger partial charge on any atom is 0.256 e. The minimum atomic E-state index is -0.422. The quantitative estimate of drug-likeness (QED) is 0.641. The smallest absolute Gasteiger partial charge is 0.256 e. The Kier molecular flexibility index (Phi) is 6.39. The van der Waals surface area contributed by atoms with Crippen LogP contribution in [0.5, 0.6) is 0 Å². The first kappa shape index (κ1) is 21.8. The second-order valence-electron chi connectivity index (χ2n) is 8.56. The van der Waals surface area contributed by atoms with Gasteiger partial charge in [0.2, 0.25) is 5.91 Å². The van der Waals surface area contributed by atoms with Crippen molar-refractivity contribution in [3.63, 3.8) is 0 Å². The molecule has 2 aromatic heterocycles. The number of amides is 2. The molecule has 1 aliphatic rings. The molecule has 1 N–H and O–H groups in total. The van der Waals surface area contributed by atoms with Crippen molar-refractivity contribution in [2.45, 2.75) is 39.2 Å². The molecule has 0 saturated carbocycles. The summed E-state index contributed by atoms with van der Waals surface area (Å²) in [6, 6.07) is 9.98. The first-order valence-electron chi connectivity index (χ1n) is 11.0. The zero-order valence-electron chi connectivity index (χ0n) is 18.4. The van der Waals surface area contributed by atoms with Gasteiger partial charge in [0.1, 0.15) is 17.1 Å². The summed E-state index contributed by atoms with van der Waals surface area (Å²) in [4.78, 5) is 27.3. The summed E-state index contributed by atoms with van der Waals surface area (Å²) in [6.07, 6.45) is 7.02. The number of nitrogens with zero attached hydrogens (tertiary/aromatic N) is 4. The summed E-state index contributed by atoms with van der Waals surface area (Å²) in [5, 5.41) is 7.40. The van der Waals surface area contributed by atoms with Crippen LogP contribution < -0.4 is 5.32 Å². The number of hydrogen-bond donors (Lipinski definition) is 1. The largest absolute Gasteiger partial charge is 0.349 e. The molecule has 3 aromatic rings. The average molecular weight is 438 g/mol. The van der Waals surface area contributed by atoms with Crippen molar-refractivity contribution in [1.29, 1.82) is 0 Å². The fourth-order valence-electron chi connectivity index (χ4n) is 4.04. The minimum Gasteiger partial charge on any atom is -0.349 e. The molecule has 0 unspecified atom stereocenters. The number of nitrogens with one attached hydrogen (secondary N) is 1. The van der Waals surface area contributed by atoms with Crippen molar-refractivity contribution in [1.82, 2.24) is 24.6 Å². The molecule has 2 amide bonds. The van der Waals surface area contributed by atoms with Crippen LogP contribution >= 0.6 is 0 Å². The molecule has 7 nitrogen and oxygen atoms in total. The molecular formula is C24H28FN5O2. The first-order valence-corrected chi connectivity index (χ1v) is 11.0. The maximum atomic E-state index is 14.5. The van der Waals surface area contributed by atoms with Gasteiger partial charge in [-0.3, -0.25) is 9.59 Å². The Bertz CT molecular complexity index is 1080. The second kappa shape index (κ2) is 9.38. The molecule has 1 aliphatic heterocycles. The van der Waals surface area contributed by atoms with Crippen LogP contribution in [0.3, 0.4) is 0 Å². The van der Waals surface area contributed by atoms with Crippen molar-refractivity contribution in [3.8, 4) is 11.5 Å². The lowest BCUT2D eigenvalue weighted by molar-refractivity contribution is -0.133. The van der Waals surface area contributed by atoms with Crippen LogP contribution in [-0.4, -0.2) is 50.2 Å². The fourth-order valence-corrected chi connectivity index (χ4v) is 4.04. The molecule has 168 valence electrons. The van der Waals surface area contributed by atoms with Crippen LogP contribution in [0.4, 0.5) is 4.39 Å². The molecule has 4 rings (SSSR count). The monoisotopic (exact) mass is 437 g/mol. The summed E-state index contributed by atoms with van der Waals surface area (Å²) in [7, 11) is 0. The number of para-hydroxylation sites is 1. The predicted octanol–water partition coefficient (Wildman–Crippen LogP) is 3.57. The van der Waals surface area contributed by atoms with E-state index in [0.29, 0.717) is 49.7 Å². The number of piperidine rings is 1. The molecule has 1 aromatic carbocycles. The molecule has 1 saturated heterocycles. The third-order valence-corrected chi connectivity index (χ3v) is 5.68. The van der Waals surface area contributed by atoms with Crippen molar-refractivity contribution in [2.24, 2.45) is 5.92 Å². The van der Waals surface area contributed by atoms with E-state index < -0.39 is 5.82 Å². The van der Waals surface area contributed by atoms with Crippen LogP contribution in [-0.2, 0) is 4.79 Å². The zero-order chi connectivity index (χ0) is 22.7. The van der Waals surface area contributed by atoms with E-state index in [4.69, 9.17) is 0 Å². The van der Waals surface area contributed by atoms with Crippen LogP contribution in [0.1, 0.15) is 43.5 Å². The highest BCUT2D eigenvalue weighted by atomic mass is 19.1. The molecule has 3 heterocycles. The summed E-state index contributed by atoms with van der Waals surface area (Å²) in [5.74, 6) is 0.295. The van der Waals surface area contributed by atoms with Gasteiger partial charge in [0.15, 0.2) is 5.82 Å². The van der Waals surface area contributed by atoms with Gasteiger partial charge in [0, 0.05) is 37.9 Å². The number of aromatic nitrogens is 3. The van der Waals surface area contributed by atoms with E-state index in [1.54, 1.807) is 35.2 Å². The third-order valence-electron chi connectivity index (χ3n) is 5.68. The van der Waals surface area contributed by atoms with Gasteiger partial charge in [-0.05, 0) is 43.0 Å². The van der Waals surface area contributed by atoms with Crippen LogP contribution in [0, 0.1) is 11.7 Å². The summed E-state index contributed by atoms with van der Waals surface area (Å²) < 4.78 is 17.7. The lowest BCUT2D eigenvalue weighted by Gasteiger charge is -2.32. The summed E-state index contributed by atoms with van der Waals surface area (Å²) in [5.41, 5.74) is 0.634. The van der Waals surface area contributed by atoms with Crippen molar-refractivity contribution >= 4 is 11.8 Å². The number of carbonyl (C=O) groups is 2. The molecular weight excluding hydrogens is 409 g/mol. The summed E-state index contributed by atoms with van der Waals surface area (Å²) >= 11 is 0. The number of halogens is 1. The van der Waals surface area contributed by atoms with Crippen molar-refractivity contribution in [2.75, 3.05) is 13.1 Å². The molecule has 8 heteroatoms. The topological polar surface area (TPSA) is 72.2 Å².